The Labute approximate surface area is 111 Å². The molecule has 0 amide bonds. The molecule has 0 aliphatic carbocycles. The lowest BCUT2D eigenvalue weighted by atomic mass is 9.98. The van der Waals surface area contributed by atoms with Crippen molar-refractivity contribution >= 4 is 23.2 Å². The van der Waals surface area contributed by atoms with Gasteiger partial charge in [0.25, 0.3) is 5.17 Å². The second kappa shape index (κ2) is 9.40. The highest BCUT2D eigenvalue weighted by molar-refractivity contribution is 7.80. The van der Waals surface area contributed by atoms with Gasteiger partial charge in [0.15, 0.2) is 0 Å². The van der Waals surface area contributed by atoms with Crippen LogP contribution in [0.4, 0.5) is 0 Å². The minimum Gasteiger partial charge on any atom is -0.470 e. The molecular formula is C13H25NO2S. The van der Waals surface area contributed by atoms with Crippen molar-refractivity contribution in [1.82, 2.24) is 4.90 Å². The van der Waals surface area contributed by atoms with Crippen molar-refractivity contribution < 1.29 is 9.53 Å². The molecule has 0 saturated carbocycles. The highest BCUT2D eigenvalue weighted by atomic mass is 32.1. The summed E-state index contributed by atoms with van der Waals surface area (Å²) in [5.74, 6) is 0.919. The molecule has 0 saturated heterocycles. The van der Waals surface area contributed by atoms with Crippen molar-refractivity contribution in [3.8, 4) is 0 Å². The summed E-state index contributed by atoms with van der Waals surface area (Å²) in [5, 5.41) is 0.442. The molecule has 0 radical (unpaired) electrons. The Morgan fingerprint density at radius 3 is 2.47 bits per heavy atom. The first-order valence-electron chi connectivity index (χ1n) is 6.33. The number of carbonyl (C=O) groups is 1. The molecule has 0 bridgehead atoms. The van der Waals surface area contributed by atoms with E-state index >= 15 is 0 Å². The molecule has 0 aliphatic rings. The van der Waals surface area contributed by atoms with Crippen LogP contribution >= 0.6 is 12.2 Å². The van der Waals surface area contributed by atoms with Crippen LogP contribution in [0.1, 0.15) is 46.0 Å². The van der Waals surface area contributed by atoms with Crippen LogP contribution < -0.4 is 0 Å². The Bertz CT molecular complexity index is 242. The Hall–Kier alpha value is -0.640. The van der Waals surface area contributed by atoms with Crippen molar-refractivity contribution in [2.75, 3.05) is 20.7 Å². The lowest BCUT2D eigenvalue weighted by molar-refractivity contribution is -0.119. The Morgan fingerprint density at radius 2 is 1.94 bits per heavy atom. The molecule has 17 heavy (non-hydrogen) atoms. The number of hydrogen-bond acceptors (Lipinski definition) is 3. The van der Waals surface area contributed by atoms with Crippen molar-refractivity contribution in [2.24, 2.45) is 5.92 Å². The number of ketones is 1. The number of rotatable bonds is 8. The lowest BCUT2D eigenvalue weighted by Crippen LogP contribution is -2.23. The van der Waals surface area contributed by atoms with E-state index in [-0.39, 0.29) is 5.78 Å². The molecule has 3 nitrogen and oxygen atoms in total. The fourth-order valence-corrected chi connectivity index (χ4v) is 1.63. The standard InChI is InChI=1S/C13H25NO2S/c1-5-6-11(2)7-8-12(15)9-10-16-13(17)14(3)4/h11H,5-10H2,1-4H3. The lowest BCUT2D eigenvalue weighted by Gasteiger charge is -2.14. The Balaban J connectivity index is 3.56. The normalized spacial score (nSPS) is 12.0. The molecule has 0 N–H and O–H groups in total. The monoisotopic (exact) mass is 259 g/mol. The summed E-state index contributed by atoms with van der Waals surface area (Å²) in [4.78, 5) is 13.3. The second-order valence-corrected chi connectivity index (χ2v) is 5.08. The topological polar surface area (TPSA) is 29.5 Å². The first-order valence-corrected chi connectivity index (χ1v) is 6.74. The van der Waals surface area contributed by atoms with Crippen LogP contribution in [0.5, 0.6) is 0 Å². The van der Waals surface area contributed by atoms with E-state index in [0.29, 0.717) is 30.5 Å². The fraction of sp³-hybridized carbons (Fsp3) is 0.846. The van der Waals surface area contributed by atoms with Gasteiger partial charge in [-0.05, 0) is 24.6 Å². The van der Waals surface area contributed by atoms with Crippen LogP contribution in [-0.2, 0) is 9.53 Å². The van der Waals surface area contributed by atoms with Crippen LogP contribution in [0, 0.1) is 5.92 Å². The summed E-state index contributed by atoms with van der Waals surface area (Å²) in [6.07, 6.45) is 4.51. The zero-order chi connectivity index (χ0) is 13.3. The van der Waals surface area contributed by atoms with E-state index in [1.54, 1.807) is 4.90 Å². The third kappa shape index (κ3) is 9.10. The minimum atomic E-state index is 0.273. The van der Waals surface area contributed by atoms with Gasteiger partial charge in [-0.15, -0.1) is 0 Å². The predicted molar refractivity (Wildman–Crippen MR) is 75.2 cm³/mol. The average Bonchev–Trinajstić information content (AvgIpc) is 2.26. The van der Waals surface area contributed by atoms with Crippen LogP contribution in [0.3, 0.4) is 0 Å². The molecule has 1 atom stereocenters. The maximum atomic E-state index is 11.6. The van der Waals surface area contributed by atoms with E-state index in [1.807, 2.05) is 14.1 Å². The van der Waals surface area contributed by atoms with Gasteiger partial charge in [0, 0.05) is 26.9 Å². The second-order valence-electron chi connectivity index (χ2n) is 4.73. The summed E-state index contributed by atoms with van der Waals surface area (Å²) in [5.41, 5.74) is 0. The zero-order valence-electron chi connectivity index (χ0n) is 11.5. The van der Waals surface area contributed by atoms with Gasteiger partial charge in [0.05, 0.1) is 6.61 Å². The van der Waals surface area contributed by atoms with Gasteiger partial charge in [-0.2, -0.15) is 0 Å². The molecule has 0 rings (SSSR count). The van der Waals surface area contributed by atoms with Crippen molar-refractivity contribution in [3.05, 3.63) is 0 Å². The molecule has 0 aliphatic heterocycles. The van der Waals surface area contributed by atoms with Crippen molar-refractivity contribution in [1.29, 1.82) is 0 Å². The van der Waals surface area contributed by atoms with E-state index in [0.717, 1.165) is 6.42 Å². The molecule has 0 aromatic carbocycles. The molecule has 0 aromatic rings. The molecular weight excluding hydrogens is 234 g/mol. The maximum Gasteiger partial charge on any atom is 0.258 e. The Morgan fingerprint density at radius 1 is 1.29 bits per heavy atom. The SMILES string of the molecule is CCCC(C)CCC(=O)CCOC(=S)N(C)C. The van der Waals surface area contributed by atoms with Crippen molar-refractivity contribution in [3.63, 3.8) is 0 Å². The number of hydrogen-bond donors (Lipinski definition) is 0. The summed E-state index contributed by atoms with van der Waals surface area (Å²) < 4.78 is 5.26. The molecule has 0 aromatic heterocycles. The number of ether oxygens (including phenoxy) is 1. The van der Waals surface area contributed by atoms with Gasteiger partial charge in [-0.1, -0.05) is 26.7 Å². The average molecular weight is 259 g/mol. The van der Waals surface area contributed by atoms with Crippen LogP contribution in [0.2, 0.25) is 0 Å². The first kappa shape index (κ1) is 16.4. The van der Waals surface area contributed by atoms with E-state index in [4.69, 9.17) is 17.0 Å². The highest BCUT2D eigenvalue weighted by Gasteiger charge is 2.07. The van der Waals surface area contributed by atoms with Gasteiger partial charge in [0.2, 0.25) is 0 Å². The van der Waals surface area contributed by atoms with Crippen molar-refractivity contribution in [2.45, 2.75) is 46.0 Å². The highest BCUT2D eigenvalue weighted by Crippen LogP contribution is 2.13. The maximum absolute atomic E-state index is 11.6. The smallest absolute Gasteiger partial charge is 0.258 e. The van der Waals surface area contributed by atoms with Gasteiger partial charge in [0.1, 0.15) is 5.78 Å². The van der Waals surface area contributed by atoms with Gasteiger partial charge in [-0.25, -0.2) is 0 Å². The summed E-state index contributed by atoms with van der Waals surface area (Å²) in [6.45, 7) is 4.78. The van der Waals surface area contributed by atoms with E-state index in [2.05, 4.69) is 13.8 Å². The van der Waals surface area contributed by atoms with Crippen LogP contribution in [0.25, 0.3) is 0 Å². The minimum absolute atomic E-state index is 0.273. The number of nitrogens with zero attached hydrogens (tertiary/aromatic N) is 1. The third-order valence-electron chi connectivity index (χ3n) is 2.67. The molecule has 1 unspecified atom stereocenters. The van der Waals surface area contributed by atoms with Gasteiger partial charge in [-0.3, -0.25) is 4.79 Å². The van der Waals surface area contributed by atoms with Crippen LogP contribution in [-0.4, -0.2) is 36.6 Å². The van der Waals surface area contributed by atoms with Gasteiger partial charge < -0.3 is 9.64 Å². The molecule has 0 heterocycles. The zero-order valence-corrected chi connectivity index (χ0v) is 12.3. The summed E-state index contributed by atoms with van der Waals surface area (Å²) in [7, 11) is 3.66. The van der Waals surface area contributed by atoms with E-state index < -0.39 is 0 Å². The van der Waals surface area contributed by atoms with E-state index in [9.17, 15) is 4.79 Å². The number of Topliss-reactive ketones (excluding diaryl/α,β-unsaturated/α-hetero) is 1. The number of thiocarbonyl (C=S) groups is 1. The summed E-state index contributed by atoms with van der Waals surface area (Å²) >= 11 is 4.96. The fourth-order valence-electron chi connectivity index (χ4n) is 1.55. The molecule has 0 spiro atoms. The molecule has 4 heteroatoms. The van der Waals surface area contributed by atoms with Gasteiger partial charge >= 0.3 is 0 Å². The molecule has 0 fully saturated rings. The summed E-state index contributed by atoms with van der Waals surface area (Å²) in [6, 6.07) is 0. The Kier molecular flexibility index (Phi) is 9.04. The van der Waals surface area contributed by atoms with E-state index in [1.165, 1.54) is 12.8 Å². The van der Waals surface area contributed by atoms with Crippen LogP contribution in [0.15, 0.2) is 0 Å². The first-order chi connectivity index (χ1) is 7.97. The quantitative estimate of drug-likeness (QED) is 0.627. The molecule has 100 valence electrons. The largest absolute Gasteiger partial charge is 0.470 e. The number of carbonyl (C=O) groups excluding carboxylic acids is 1. The third-order valence-corrected chi connectivity index (χ3v) is 3.15. The predicted octanol–water partition coefficient (Wildman–Crippen LogP) is 3.03.